The SMILES string of the molecule is CCC(N)CCCc1ccc2c(c1)CCCC2. The molecule has 1 atom stereocenters. The van der Waals surface area contributed by atoms with E-state index in [1.54, 1.807) is 11.1 Å². The maximum absolute atomic E-state index is 5.95. The summed E-state index contributed by atoms with van der Waals surface area (Å²) >= 11 is 0. The van der Waals surface area contributed by atoms with Crippen molar-refractivity contribution in [3.8, 4) is 0 Å². The monoisotopic (exact) mass is 231 g/mol. The van der Waals surface area contributed by atoms with E-state index in [0.29, 0.717) is 6.04 Å². The first-order chi connectivity index (χ1) is 8.29. The first-order valence-electron chi connectivity index (χ1n) is 7.16. The summed E-state index contributed by atoms with van der Waals surface area (Å²) in [4.78, 5) is 0. The van der Waals surface area contributed by atoms with Gasteiger partial charge in [-0.2, -0.15) is 0 Å². The molecule has 1 unspecified atom stereocenters. The zero-order valence-electron chi connectivity index (χ0n) is 11.0. The van der Waals surface area contributed by atoms with Crippen molar-refractivity contribution in [1.29, 1.82) is 0 Å². The van der Waals surface area contributed by atoms with Crippen LogP contribution in [-0.4, -0.2) is 6.04 Å². The number of aryl methyl sites for hydroxylation is 3. The Labute approximate surface area is 105 Å². The first kappa shape index (κ1) is 12.6. The fourth-order valence-electron chi connectivity index (χ4n) is 2.71. The van der Waals surface area contributed by atoms with Crippen LogP contribution in [0.4, 0.5) is 0 Å². The van der Waals surface area contributed by atoms with Crippen LogP contribution in [0.1, 0.15) is 55.7 Å². The van der Waals surface area contributed by atoms with Gasteiger partial charge in [-0.1, -0.05) is 25.1 Å². The summed E-state index contributed by atoms with van der Waals surface area (Å²) in [6.07, 6.45) is 10.0. The summed E-state index contributed by atoms with van der Waals surface area (Å²) in [6.45, 7) is 2.17. The van der Waals surface area contributed by atoms with Crippen LogP contribution in [0.5, 0.6) is 0 Å². The van der Waals surface area contributed by atoms with E-state index in [1.807, 2.05) is 0 Å². The van der Waals surface area contributed by atoms with Crippen LogP contribution >= 0.6 is 0 Å². The number of rotatable bonds is 5. The molecule has 94 valence electrons. The Bertz CT molecular complexity index is 357. The standard InChI is InChI=1S/C16H25N/c1-2-16(17)9-5-6-13-10-11-14-7-3-4-8-15(14)12-13/h10-12,16H,2-9,17H2,1H3. The highest BCUT2D eigenvalue weighted by Gasteiger charge is 2.09. The molecule has 0 heterocycles. The summed E-state index contributed by atoms with van der Waals surface area (Å²) < 4.78 is 0. The molecule has 1 heteroatoms. The lowest BCUT2D eigenvalue weighted by atomic mass is 9.89. The van der Waals surface area contributed by atoms with E-state index in [4.69, 9.17) is 5.73 Å². The molecule has 0 spiro atoms. The highest BCUT2D eigenvalue weighted by Crippen LogP contribution is 2.22. The van der Waals surface area contributed by atoms with Gasteiger partial charge in [0.2, 0.25) is 0 Å². The van der Waals surface area contributed by atoms with Crippen molar-refractivity contribution in [2.24, 2.45) is 5.73 Å². The Kier molecular flexibility index (Phi) is 4.61. The molecule has 1 nitrogen and oxygen atoms in total. The third kappa shape index (κ3) is 3.57. The van der Waals surface area contributed by atoms with E-state index >= 15 is 0 Å². The Balaban J connectivity index is 1.89. The molecule has 0 fully saturated rings. The predicted octanol–water partition coefficient (Wildman–Crippen LogP) is 3.63. The van der Waals surface area contributed by atoms with E-state index in [-0.39, 0.29) is 0 Å². The number of nitrogens with two attached hydrogens (primary N) is 1. The van der Waals surface area contributed by atoms with Gasteiger partial charge in [0, 0.05) is 6.04 Å². The van der Waals surface area contributed by atoms with Gasteiger partial charge in [0.25, 0.3) is 0 Å². The lowest BCUT2D eigenvalue weighted by Gasteiger charge is -2.16. The fraction of sp³-hybridized carbons (Fsp3) is 0.625. The van der Waals surface area contributed by atoms with Crippen LogP contribution in [0.25, 0.3) is 0 Å². The predicted molar refractivity (Wildman–Crippen MR) is 74.3 cm³/mol. The van der Waals surface area contributed by atoms with Gasteiger partial charge in [-0.25, -0.2) is 0 Å². The van der Waals surface area contributed by atoms with Gasteiger partial charge in [-0.3, -0.25) is 0 Å². The second-order valence-corrected chi connectivity index (χ2v) is 5.37. The molecule has 0 amide bonds. The summed E-state index contributed by atoms with van der Waals surface area (Å²) in [7, 11) is 0. The van der Waals surface area contributed by atoms with Crippen LogP contribution < -0.4 is 5.73 Å². The lowest BCUT2D eigenvalue weighted by Crippen LogP contribution is -2.18. The van der Waals surface area contributed by atoms with Crippen molar-refractivity contribution in [2.75, 3.05) is 0 Å². The maximum atomic E-state index is 5.95. The Morgan fingerprint density at radius 1 is 1.18 bits per heavy atom. The molecule has 0 saturated heterocycles. The van der Waals surface area contributed by atoms with Gasteiger partial charge in [0.1, 0.15) is 0 Å². The molecule has 2 rings (SSSR count). The summed E-state index contributed by atoms with van der Waals surface area (Å²) in [6, 6.07) is 7.50. The van der Waals surface area contributed by atoms with Crippen molar-refractivity contribution in [1.82, 2.24) is 0 Å². The molecule has 1 aliphatic rings. The first-order valence-corrected chi connectivity index (χ1v) is 7.16. The number of fused-ring (bicyclic) bond motifs is 1. The molecular weight excluding hydrogens is 206 g/mol. The van der Waals surface area contributed by atoms with Gasteiger partial charge in [-0.05, 0) is 68.1 Å². The molecule has 17 heavy (non-hydrogen) atoms. The molecule has 0 bridgehead atoms. The molecule has 0 saturated carbocycles. The van der Waals surface area contributed by atoms with Crippen LogP contribution in [0.3, 0.4) is 0 Å². The van der Waals surface area contributed by atoms with Crippen molar-refractivity contribution >= 4 is 0 Å². The maximum Gasteiger partial charge on any atom is 0.00363 e. The number of benzene rings is 1. The van der Waals surface area contributed by atoms with Crippen LogP contribution in [0, 0.1) is 0 Å². The zero-order valence-corrected chi connectivity index (χ0v) is 11.0. The average Bonchev–Trinajstić information content (AvgIpc) is 2.38. The van der Waals surface area contributed by atoms with Gasteiger partial charge in [-0.15, -0.1) is 0 Å². The fourth-order valence-corrected chi connectivity index (χ4v) is 2.71. The molecule has 0 aromatic heterocycles. The minimum atomic E-state index is 0.396. The quantitative estimate of drug-likeness (QED) is 0.823. The van der Waals surface area contributed by atoms with Crippen LogP contribution in [0.15, 0.2) is 18.2 Å². The Morgan fingerprint density at radius 2 is 1.94 bits per heavy atom. The van der Waals surface area contributed by atoms with Crippen molar-refractivity contribution in [2.45, 2.75) is 64.3 Å². The molecule has 0 radical (unpaired) electrons. The minimum Gasteiger partial charge on any atom is -0.328 e. The highest BCUT2D eigenvalue weighted by atomic mass is 14.6. The summed E-state index contributed by atoms with van der Waals surface area (Å²) in [5.74, 6) is 0. The van der Waals surface area contributed by atoms with Gasteiger partial charge in [0.05, 0.1) is 0 Å². The second-order valence-electron chi connectivity index (χ2n) is 5.37. The minimum absolute atomic E-state index is 0.396. The molecule has 0 aliphatic heterocycles. The normalized spacial score (nSPS) is 16.6. The van der Waals surface area contributed by atoms with Gasteiger partial charge >= 0.3 is 0 Å². The van der Waals surface area contributed by atoms with Crippen LogP contribution in [0.2, 0.25) is 0 Å². The van der Waals surface area contributed by atoms with E-state index in [9.17, 15) is 0 Å². The van der Waals surface area contributed by atoms with Gasteiger partial charge < -0.3 is 5.73 Å². The van der Waals surface area contributed by atoms with E-state index < -0.39 is 0 Å². The van der Waals surface area contributed by atoms with E-state index in [0.717, 1.165) is 12.8 Å². The molecular formula is C16H25N. The smallest absolute Gasteiger partial charge is 0.00363 e. The highest BCUT2D eigenvalue weighted by molar-refractivity contribution is 5.33. The second kappa shape index (κ2) is 6.20. The largest absolute Gasteiger partial charge is 0.328 e. The van der Waals surface area contributed by atoms with Gasteiger partial charge in [0.15, 0.2) is 0 Å². The summed E-state index contributed by atoms with van der Waals surface area (Å²) in [5, 5.41) is 0. The zero-order chi connectivity index (χ0) is 12.1. The number of hydrogen-bond donors (Lipinski definition) is 1. The topological polar surface area (TPSA) is 26.0 Å². The third-order valence-corrected chi connectivity index (χ3v) is 3.98. The van der Waals surface area contributed by atoms with E-state index in [1.165, 1.54) is 44.1 Å². The van der Waals surface area contributed by atoms with Crippen molar-refractivity contribution < 1.29 is 0 Å². The van der Waals surface area contributed by atoms with E-state index in [2.05, 4.69) is 25.1 Å². The Morgan fingerprint density at radius 3 is 2.71 bits per heavy atom. The van der Waals surface area contributed by atoms with Crippen LogP contribution in [-0.2, 0) is 19.3 Å². The van der Waals surface area contributed by atoms with Crippen molar-refractivity contribution in [3.63, 3.8) is 0 Å². The third-order valence-electron chi connectivity index (χ3n) is 3.98. The lowest BCUT2D eigenvalue weighted by molar-refractivity contribution is 0.568. The molecule has 1 aromatic carbocycles. The average molecular weight is 231 g/mol. The van der Waals surface area contributed by atoms with Crippen molar-refractivity contribution in [3.05, 3.63) is 34.9 Å². The Hall–Kier alpha value is -0.820. The molecule has 1 aliphatic carbocycles. The number of hydrogen-bond acceptors (Lipinski definition) is 1. The molecule has 2 N–H and O–H groups in total. The molecule has 1 aromatic rings. The summed E-state index contributed by atoms with van der Waals surface area (Å²) in [5.41, 5.74) is 10.6.